The number of hydrogen-bond donors (Lipinski definition) is 2. The third-order valence-corrected chi connectivity index (χ3v) is 17.8. The summed E-state index contributed by atoms with van der Waals surface area (Å²) in [5, 5.41) is 19.3. The monoisotopic (exact) mass is 930 g/mol. The number of carboxylic acids is 2. The van der Waals surface area contributed by atoms with Gasteiger partial charge in [0.2, 0.25) is 0 Å². The van der Waals surface area contributed by atoms with Crippen LogP contribution >= 0.6 is 0 Å². The first-order valence-corrected chi connectivity index (χ1v) is 25.7. The zero-order chi connectivity index (χ0) is 45.8. The predicted octanol–water partition coefficient (Wildman–Crippen LogP) is 5.81. The Morgan fingerprint density at radius 2 is 0.985 bits per heavy atom. The quantitative estimate of drug-likeness (QED) is 0.0998. The Balaban J connectivity index is 0.000000120. The molecule has 6 heterocycles. The maximum atomic E-state index is 12.0. The van der Waals surface area contributed by atoms with E-state index in [1.807, 2.05) is 6.92 Å². The average Bonchev–Trinajstić information content (AvgIpc) is 4.07. The lowest BCUT2D eigenvalue weighted by Crippen LogP contribution is -2.45. The molecule has 0 amide bonds. The van der Waals surface area contributed by atoms with Crippen molar-refractivity contribution in [3.63, 3.8) is 0 Å². The summed E-state index contributed by atoms with van der Waals surface area (Å²) in [7, 11) is 0. The molecule has 12 rings (SSSR count). The minimum Gasteiger partial charge on any atom is -0.481 e. The molecular formula is C50H74O16. The van der Waals surface area contributed by atoms with Crippen molar-refractivity contribution in [1.82, 2.24) is 0 Å². The van der Waals surface area contributed by atoms with Crippen molar-refractivity contribution < 1.29 is 76.8 Å². The van der Waals surface area contributed by atoms with Gasteiger partial charge in [0.1, 0.15) is 13.2 Å². The Morgan fingerprint density at radius 3 is 1.52 bits per heavy atom. The number of carbonyl (C=O) groups excluding carboxylic acids is 2. The highest BCUT2D eigenvalue weighted by Crippen LogP contribution is 2.58. The fraction of sp³-hybridized carbons (Fsp3) is 0.920. The maximum Gasteiger partial charge on any atom is 0.309 e. The first kappa shape index (κ1) is 47.2. The van der Waals surface area contributed by atoms with E-state index in [1.54, 1.807) is 0 Å². The minimum absolute atomic E-state index is 0.0263. The number of fused-ring (bicyclic) bond motifs is 6. The van der Waals surface area contributed by atoms with Gasteiger partial charge in [-0.2, -0.15) is 0 Å². The maximum absolute atomic E-state index is 12.0. The van der Waals surface area contributed by atoms with Crippen molar-refractivity contribution in [2.24, 2.45) is 39.9 Å². The van der Waals surface area contributed by atoms with Gasteiger partial charge in [-0.15, -0.1) is 0 Å². The normalized spacial score (nSPS) is 46.7. The molecule has 19 atom stereocenters. The number of aliphatic carboxylic acids is 2. The van der Waals surface area contributed by atoms with Crippen LogP contribution in [0.2, 0.25) is 0 Å². The zero-order valence-corrected chi connectivity index (χ0v) is 39.0. The van der Waals surface area contributed by atoms with E-state index in [0.717, 1.165) is 122 Å². The minimum atomic E-state index is -0.642. The standard InChI is InChI=1S/C20H30O8.C16H24O4.C14H20O4/c21-19(13-1-3-15-17(11-13)27-15)25-9-7-23-5-6-24-8-10-26-20(22)14-2-4-16-18(12-14)28-16;1-15(5-3-10-12(8-15)19-10)7-9-13-11(20-13)4-6-16(9,2)14(17)18;15-13(16)14(4-3-10-12(7-14)18-10)6-8-1-2-9-11(5-8)17-9/h13-18H,1-12H2;9-13H,3-8H2,1-2H3,(H,17,18);8-12H,1-7H2,(H,15,16). The first-order valence-electron chi connectivity index (χ1n) is 25.7. The van der Waals surface area contributed by atoms with Gasteiger partial charge in [0.05, 0.1) is 122 Å². The molecule has 6 aliphatic heterocycles. The van der Waals surface area contributed by atoms with E-state index >= 15 is 0 Å². The van der Waals surface area contributed by atoms with E-state index in [1.165, 1.54) is 0 Å². The van der Waals surface area contributed by atoms with Gasteiger partial charge in [-0.05, 0) is 140 Å². The van der Waals surface area contributed by atoms with Gasteiger partial charge in [0, 0.05) is 5.92 Å². The lowest BCUT2D eigenvalue weighted by atomic mass is 9.60. The number of ether oxygens (including phenoxy) is 10. The van der Waals surface area contributed by atoms with Gasteiger partial charge in [-0.3, -0.25) is 19.2 Å². The van der Waals surface area contributed by atoms with Gasteiger partial charge in [0.25, 0.3) is 0 Å². The SMILES string of the molecule is CC1(CC2C3OC3CCC2(C)C(=O)O)CCC2OC2C1.O=C(O)C1(CC2CCC3OC3C2)CCC2OC2C1.O=C(OCCOCCOCCOC(=O)C1CCC2OC2C1)C1CCC2OC2C1. The number of carbonyl (C=O) groups is 4. The summed E-state index contributed by atoms with van der Waals surface area (Å²) in [5.41, 5.74) is -0.890. The second-order valence-corrected chi connectivity index (χ2v) is 22.6. The fourth-order valence-corrected chi connectivity index (χ4v) is 13.2. The van der Waals surface area contributed by atoms with E-state index < -0.39 is 22.8 Å². The van der Waals surface area contributed by atoms with Crippen molar-refractivity contribution >= 4 is 23.9 Å². The summed E-state index contributed by atoms with van der Waals surface area (Å²) in [4.78, 5) is 47.4. The first-order chi connectivity index (χ1) is 31.8. The number of epoxide rings is 6. The average molecular weight is 931 g/mol. The molecule has 12 fully saturated rings. The highest BCUT2D eigenvalue weighted by Gasteiger charge is 2.62. The van der Waals surface area contributed by atoms with Gasteiger partial charge < -0.3 is 57.6 Å². The Bertz CT molecular complexity index is 1730. The highest BCUT2D eigenvalue weighted by atomic mass is 16.6. The molecular weight excluding hydrogens is 857 g/mol. The molecule has 6 saturated heterocycles. The van der Waals surface area contributed by atoms with E-state index in [4.69, 9.17) is 47.4 Å². The molecule has 0 aromatic carbocycles. The second kappa shape index (κ2) is 19.4. The van der Waals surface area contributed by atoms with Crippen LogP contribution in [0.3, 0.4) is 0 Å². The number of esters is 2. The van der Waals surface area contributed by atoms with E-state index in [9.17, 15) is 29.4 Å². The lowest BCUT2D eigenvalue weighted by molar-refractivity contribution is -0.154. The van der Waals surface area contributed by atoms with E-state index in [0.29, 0.717) is 81.2 Å². The summed E-state index contributed by atoms with van der Waals surface area (Å²) in [6.07, 6.45) is 22.3. The topological polar surface area (TPSA) is 221 Å². The number of carboxylic acid groups (broad SMARTS) is 2. The molecule has 16 nitrogen and oxygen atoms in total. The predicted molar refractivity (Wildman–Crippen MR) is 231 cm³/mol. The molecule has 66 heavy (non-hydrogen) atoms. The molecule has 0 aromatic heterocycles. The van der Waals surface area contributed by atoms with Crippen molar-refractivity contribution in [3.8, 4) is 0 Å². The molecule has 0 spiro atoms. The number of hydrogen-bond acceptors (Lipinski definition) is 14. The summed E-state index contributed by atoms with van der Waals surface area (Å²) < 4.78 is 54.6. The van der Waals surface area contributed by atoms with Crippen molar-refractivity contribution in [2.45, 2.75) is 209 Å². The summed E-state index contributed by atoms with van der Waals surface area (Å²) >= 11 is 0. The van der Waals surface area contributed by atoms with Crippen LogP contribution in [0.1, 0.15) is 136 Å². The molecule has 0 bridgehead atoms. The van der Waals surface area contributed by atoms with Crippen LogP contribution in [0.5, 0.6) is 0 Å². The van der Waals surface area contributed by atoms with Crippen LogP contribution in [0.4, 0.5) is 0 Å². The molecule has 0 aromatic rings. The molecule has 370 valence electrons. The van der Waals surface area contributed by atoms with Gasteiger partial charge >= 0.3 is 23.9 Å². The summed E-state index contributed by atoms with van der Waals surface area (Å²) in [6, 6.07) is 0. The highest BCUT2D eigenvalue weighted by molar-refractivity contribution is 5.76. The summed E-state index contributed by atoms with van der Waals surface area (Å²) in [6.45, 7) is 6.30. The van der Waals surface area contributed by atoms with Crippen LogP contribution in [-0.2, 0) is 66.5 Å². The largest absolute Gasteiger partial charge is 0.481 e. The fourth-order valence-electron chi connectivity index (χ4n) is 13.2. The van der Waals surface area contributed by atoms with Crippen LogP contribution in [0, 0.1) is 39.9 Å². The number of rotatable bonds is 17. The van der Waals surface area contributed by atoms with E-state index in [2.05, 4.69) is 6.92 Å². The molecule has 12 aliphatic rings. The third-order valence-electron chi connectivity index (χ3n) is 17.8. The van der Waals surface area contributed by atoms with E-state index in [-0.39, 0.29) is 72.7 Å². The van der Waals surface area contributed by atoms with Crippen molar-refractivity contribution in [2.75, 3.05) is 39.6 Å². The van der Waals surface area contributed by atoms with Crippen LogP contribution in [-0.4, -0.2) is 147 Å². The Morgan fingerprint density at radius 1 is 0.485 bits per heavy atom. The summed E-state index contributed by atoms with van der Waals surface area (Å²) in [5.74, 6) is -0.871. The molecule has 0 radical (unpaired) electrons. The Kier molecular flexibility index (Phi) is 13.9. The third kappa shape index (κ3) is 11.3. The second-order valence-electron chi connectivity index (χ2n) is 22.6. The molecule has 6 saturated carbocycles. The van der Waals surface area contributed by atoms with Crippen LogP contribution in [0.25, 0.3) is 0 Å². The van der Waals surface area contributed by atoms with Gasteiger partial charge in [-0.1, -0.05) is 6.92 Å². The van der Waals surface area contributed by atoms with Crippen molar-refractivity contribution in [1.29, 1.82) is 0 Å². The Hall–Kier alpha value is -2.44. The Labute approximate surface area is 388 Å². The molecule has 6 aliphatic carbocycles. The zero-order valence-electron chi connectivity index (χ0n) is 39.0. The molecule has 19 unspecified atom stereocenters. The smallest absolute Gasteiger partial charge is 0.309 e. The van der Waals surface area contributed by atoms with Crippen LogP contribution in [0.15, 0.2) is 0 Å². The molecule has 2 N–H and O–H groups in total. The van der Waals surface area contributed by atoms with Gasteiger partial charge in [-0.25, -0.2) is 0 Å². The molecule has 16 heteroatoms. The van der Waals surface area contributed by atoms with Gasteiger partial charge in [0.15, 0.2) is 0 Å². The lowest BCUT2D eigenvalue weighted by Gasteiger charge is -2.42. The van der Waals surface area contributed by atoms with Crippen LogP contribution < -0.4 is 0 Å². The van der Waals surface area contributed by atoms with Crippen molar-refractivity contribution in [3.05, 3.63) is 0 Å².